The first-order chi connectivity index (χ1) is 8.18. The summed E-state index contributed by atoms with van der Waals surface area (Å²) >= 11 is 0. The van der Waals surface area contributed by atoms with Crippen LogP contribution in [0.4, 0.5) is 13.2 Å². The first-order valence-electron chi connectivity index (χ1n) is 6.38. The van der Waals surface area contributed by atoms with Crippen LogP contribution in [0.2, 0.25) is 0 Å². The number of alkyl halides is 3. The van der Waals surface area contributed by atoms with Crippen molar-refractivity contribution in [2.45, 2.75) is 33.4 Å². The topological polar surface area (TPSA) is 15.3 Å². The summed E-state index contributed by atoms with van der Waals surface area (Å²) in [5, 5.41) is 2.43. The Balaban J connectivity index is 2.22. The third kappa shape index (κ3) is 5.87. The van der Waals surface area contributed by atoms with E-state index in [1.165, 1.54) is 5.57 Å². The zero-order valence-electron chi connectivity index (χ0n) is 11.4. The highest BCUT2D eigenvalue weighted by atomic mass is 19.4. The molecule has 1 aliphatic heterocycles. The summed E-state index contributed by atoms with van der Waals surface area (Å²) in [4.78, 5) is 2.18. The van der Waals surface area contributed by atoms with Crippen molar-refractivity contribution in [1.82, 2.24) is 10.2 Å². The second-order valence-corrected chi connectivity index (χ2v) is 5.82. The minimum Gasteiger partial charge on any atom is -0.307 e. The zero-order valence-corrected chi connectivity index (χ0v) is 11.4. The summed E-state index contributed by atoms with van der Waals surface area (Å²) in [6.07, 6.45) is -0.878. The Morgan fingerprint density at radius 2 is 1.94 bits per heavy atom. The summed E-state index contributed by atoms with van der Waals surface area (Å²) in [5.74, 6) is 0. The van der Waals surface area contributed by atoms with Crippen LogP contribution < -0.4 is 5.32 Å². The van der Waals surface area contributed by atoms with Gasteiger partial charge in [-0.15, -0.1) is 0 Å². The monoisotopic (exact) mass is 264 g/mol. The molecule has 0 aliphatic carbocycles. The number of rotatable bonds is 4. The normalized spacial score (nSPS) is 18.9. The molecule has 1 N–H and O–H groups in total. The maximum absolute atomic E-state index is 11.9. The highest BCUT2D eigenvalue weighted by Gasteiger charge is 2.26. The molecule has 0 atom stereocenters. The molecule has 5 heteroatoms. The van der Waals surface area contributed by atoms with Crippen molar-refractivity contribution in [2.75, 3.05) is 32.7 Å². The van der Waals surface area contributed by atoms with Crippen molar-refractivity contribution < 1.29 is 13.2 Å². The highest BCUT2D eigenvalue weighted by Crippen LogP contribution is 2.29. The Bertz CT molecular complexity index is 290. The molecule has 1 heterocycles. The van der Waals surface area contributed by atoms with Crippen LogP contribution in [0.1, 0.15) is 27.2 Å². The minimum atomic E-state index is -4.11. The zero-order chi connectivity index (χ0) is 13.8. The molecule has 0 saturated heterocycles. The van der Waals surface area contributed by atoms with Gasteiger partial charge in [0.2, 0.25) is 0 Å². The van der Waals surface area contributed by atoms with Crippen molar-refractivity contribution in [3.63, 3.8) is 0 Å². The molecular formula is C13H23F3N2. The van der Waals surface area contributed by atoms with Gasteiger partial charge in [-0.05, 0) is 11.8 Å². The first kappa shape index (κ1) is 15.5. The van der Waals surface area contributed by atoms with Gasteiger partial charge >= 0.3 is 6.18 Å². The van der Waals surface area contributed by atoms with Gasteiger partial charge in [0.15, 0.2) is 0 Å². The lowest BCUT2D eigenvalue weighted by molar-refractivity contribution is -0.124. The Morgan fingerprint density at radius 3 is 2.39 bits per heavy atom. The molecular weight excluding hydrogens is 241 g/mol. The third-order valence-corrected chi connectivity index (χ3v) is 3.19. The average Bonchev–Trinajstić information content (AvgIpc) is 2.22. The van der Waals surface area contributed by atoms with Crippen molar-refractivity contribution in [3.05, 3.63) is 11.6 Å². The molecule has 0 saturated carbocycles. The van der Waals surface area contributed by atoms with E-state index in [4.69, 9.17) is 0 Å². The Labute approximate surface area is 107 Å². The number of hydrogen-bond acceptors (Lipinski definition) is 2. The average molecular weight is 264 g/mol. The van der Waals surface area contributed by atoms with Gasteiger partial charge in [-0.3, -0.25) is 4.90 Å². The maximum Gasteiger partial charge on any atom is 0.401 e. The number of nitrogens with zero attached hydrogens (tertiary/aromatic N) is 1. The van der Waals surface area contributed by atoms with Crippen LogP contribution in [0.25, 0.3) is 0 Å². The van der Waals surface area contributed by atoms with Crippen molar-refractivity contribution in [3.8, 4) is 0 Å². The molecule has 0 unspecified atom stereocenters. The fourth-order valence-corrected chi connectivity index (χ4v) is 2.06. The molecule has 0 bridgehead atoms. The van der Waals surface area contributed by atoms with Crippen molar-refractivity contribution in [1.29, 1.82) is 0 Å². The molecule has 106 valence electrons. The summed E-state index contributed by atoms with van der Waals surface area (Å²) < 4.78 is 35.8. The molecule has 0 radical (unpaired) electrons. The van der Waals surface area contributed by atoms with E-state index in [9.17, 15) is 13.2 Å². The quantitative estimate of drug-likeness (QED) is 0.620. The van der Waals surface area contributed by atoms with Crippen LogP contribution in [-0.4, -0.2) is 43.8 Å². The Morgan fingerprint density at radius 1 is 1.28 bits per heavy atom. The van der Waals surface area contributed by atoms with E-state index in [2.05, 4.69) is 37.1 Å². The van der Waals surface area contributed by atoms with E-state index < -0.39 is 12.7 Å². The number of halogens is 3. The molecule has 0 spiro atoms. The SMILES string of the molecule is CC(C)(C)C1=CCN(CCNCC(F)(F)F)CC1. The van der Waals surface area contributed by atoms with E-state index in [-0.39, 0.29) is 5.41 Å². The lowest BCUT2D eigenvalue weighted by Crippen LogP contribution is -2.38. The number of nitrogens with one attached hydrogen (secondary N) is 1. The van der Waals surface area contributed by atoms with Gasteiger partial charge < -0.3 is 5.32 Å². The molecule has 0 aromatic carbocycles. The van der Waals surface area contributed by atoms with E-state index in [0.717, 1.165) is 19.5 Å². The molecule has 0 aromatic heterocycles. The van der Waals surface area contributed by atoms with Gasteiger partial charge in [-0.1, -0.05) is 32.4 Å². The summed E-state index contributed by atoms with van der Waals surface area (Å²) in [7, 11) is 0. The number of hydrogen-bond donors (Lipinski definition) is 1. The summed E-state index contributed by atoms with van der Waals surface area (Å²) in [5.41, 5.74) is 1.66. The molecule has 0 aromatic rings. The Kier molecular flexibility index (Phi) is 5.22. The fraction of sp³-hybridized carbons (Fsp3) is 0.846. The molecule has 0 amide bonds. The lowest BCUT2D eigenvalue weighted by Gasteiger charge is -2.32. The molecule has 0 fully saturated rings. The van der Waals surface area contributed by atoms with E-state index in [0.29, 0.717) is 13.1 Å². The highest BCUT2D eigenvalue weighted by molar-refractivity contribution is 5.14. The standard InChI is InChI=1S/C13H23F3N2/c1-12(2,3)11-4-7-18(8-5-11)9-6-17-10-13(14,15)16/h4,17H,5-10H2,1-3H3. The largest absolute Gasteiger partial charge is 0.401 e. The fourth-order valence-electron chi connectivity index (χ4n) is 2.06. The van der Waals surface area contributed by atoms with E-state index in [1.54, 1.807) is 0 Å². The van der Waals surface area contributed by atoms with Crippen molar-refractivity contribution >= 4 is 0 Å². The van der Waals surface area contributed by atoms with Crippen LogP contribution in [0.15, 0.2) is 11.6 Å². The predicted octanol–water partition coefficient (Wildman–Crippen LogP) is 2.82. The molecule has 2 nitrogen and oxygen atoms in total. The van der Waals surface area contributed by atoms with Crippen LogP contribution in [0.5, 0.6) is 0 Å². The maximum atomic E-state index is 11.9. The van der Waals surface area contributed by atoms with E-state index >= 15 is 0 Å². The van der Waals surface area contributed by atoms with Gasteiger partial charge in [0.25, 0.3) is 0 Å². The predicted molar refractivity (Wildman–Crippen MR) is 67.5 cm³/mol. The van der Waals surface area contributed by atoms with Crippen LogP contribution in [0.3, 0.4) is 0 Å². The molecule has 18 heavy (non-hydrogen) atoms. The second kappa shape index (κ2) is 6.06. The minimum absolute atomic E-state index is 0.209. The van der Waals surface area contributed by atoms with Crippen LogP contribution in [0, 0.1) is 5.41 Å². The van der Waals surface area contributed by atoms with Gasteiger partial charge in [0.05, 0.1) is 6.54 Å². The first-order valence-corrected chi connectivity index (χ1v) is 6.38. The second-order valence-electron chi connectivity index (χ2n) is 5.82. The lowest BCUT2D eigenvalue weighted by atomic mass is 9.83. The van der Waals surface area contributed by atoms with Gasteiger partial charge in [0.1, 0.15) is 0 Å². The molecule has 1 aliphatic rings. The Hall–Kier alpha value is -0.550. The van der Waals surface area contributed by atoms with Gasteiger partial charge in [-0.25, -0.2) is 0 Å². The van der Waals surface area contributed by atoms with Crippen LogP contribution in [-0.2, 0) is 0 Å². The van der Waals surface area contributed by atoms with Crippen molar-refractivity contribution in [2.24, 2.45) is 5.41 Å². The summed E-state index contributed by atoms with van der Waals surface area (Å²) in [6.45, 7) is 8.53. The third-order valence-electron chi connectivity index (χ3n) is 3.19. The van der Waals surface area contributed by atoms with Gasteiger partial charge in [0, 0.05) is 26.2 Å². The van der Waals surface area contributed by atoms with Gasteiger partial charge in [-0.2, -0.15) is 13.2 Å². The smallest absolute Gasteiger partial charge is 0.307 e. The molecule has 1 rings (SSSR count). The van der Waals surface area contributed by atoms with Crippen LogP contribution >= 0.6 is 0 Å². The van der Waals surface area contributed by atoms with E-state index in [1.807, 2.05) is 0 Å². The summed E-state index contributed by atoms with van der Waals surface area (Å²) in [6, 6.07) is 0.